The first-order valence-electron chi connectivity index (χ1n) is 5.79. The van der Waals surface area contributed by atoms with Gasteiger partial charge in [0.15, 0.2) is 11.5 Å². The van der Waals surface area contributed by atoms with Gasteiger partial charge in [0.2, 0.25) is 12.7 Å². The molecular formula is C12H15N3O4. The number of rotatable bonds is 4. The molecule has 1 heterocycles. The highest BCUT2D eigenvalue weighted by Crippen LogP contribution is 2.35. The van der Waals surface area contributed by atoms with E-state index in [1.807, 2.05) is 0 Å². The molecule has 0 saturated carbocycles. The maximum atomic E-state index is 11.9. The lowest BCUT2D eigenvalue weighted by molar-refractivity contribution is -0.118. The van der Waals surface area contributed by atoms with Crippen molar-refractivity contribution in [2.24, 2.45) is 0 Å². The van der Waals surface area contributed by atoms with Gasteiger partial charge >= 0.3 is 0 Å². The molecule has 1 aliphatic rings. The Hall–Kier alpha value is -2.44. The fraction of sp³-hybridized carbons (Fsp3) is 0.333. The molecule has 0 saturated heterocycles. The molecule has 1 aromatic carbocycles. The largest absolute Gasteiger partial charge is 0.454 e. The van der Waals surface area contributed by atoms with Crippen molar-refractivity contribution in [3.63, 3.8) is 0 Å². The fourth-order valence-electron chi connectivity index (χ4n) is 1.66. The standard InChI is InChI=1S/C12H15N3O4/c1-7(16)14-2-3-15-12(17)8-4-10-11(5-9(8)13)19-6-18-10/h4-5H,2-3,6,13H2,1H3,(H,14,16)(H,15,17). The molecule has 0 spiro atoms. The number of hydrogen-bond donors (Lipinski definition) is 3. The third kappa shape index (κ3) is 3.06. The Labute approximate surface area is 110 Å². The zero-order valence-corrected chi connectivity index (χ0v) is 10.5. The Morgan fingerprint density at radius 2 is 1.84 bits per heavy atom. The fourth-order valence-corrected chi connectivity index (χ4v) is 1.66. The Morgan fingerprint density at radius 3 is 2.53 bits per heavy atom. The van der Waals surface area contributed by atoms with Gasteiger partial charge in [-0.05, 0) is 6.07 Å². The Bertz CT molecular complexity index is 516. The summed E-state index contributed by atoms with van der Waals surface area (Å²) in [6.45, 7) is 2.23. The topological polar surface area (TPSA) is 103 Å². The van der Waals surface area contributed by atoms with Crippen LogP contribution in [-0.2, 0) is 4.79 Å². The zero-order chi connectivity index (χ0) is 13.8. The second-order valence-electron chi connectivity index (χ2n) is 4.03. The van der Waals surface area contributed by atoms with E-state index in [0.29, 0.717) is 35.8 Å². The van der Waals surface area contributed by atoms with Gasteiger partial charge in [-0.25, -0.2) is 0 Å². The summed E-state index contributed by atoms with van der Waals surface area (Å²) in [6.07, 6.45) is 0. The van der Waals surface area contributed by atoms with Gasteiger partial charge in [0.05, 0.1) is 5.56 Å². The van der Waals surface area contributed by atoms with Crippen LogP contribution in [0.1, 0.15) is 17.3 Å². The van der Waals surface area contributed by atoms with Gasteiger partial charge in [-0.15, -0.1) is 0 Å². The van der Waals surface area contributed by atoms with Crippen molar-refractivity contribution in [1.82, 2.24) is 10.6 Å². The molecule has 7 nitrogen and oxygen atoms in total. The monoisotopic (exact) mass is 265 g/mol. The number of nitrogens with two attached hydrogens (primary N) is 1. The van der Waals surface area contributed by atoms with Crippen LogP contribution < -0.4 is 25.8 Å². The van der Waals surface area contributed by atoms with Crippen molar-refractivity contribution in [1.29, 1.82) is 0 Å². The molecule has 0 aliphatic carbocycles. The van der Waals surface area contributed by atoms with Crippen molar-refractivity contribution in [3.8, 4) is 11.5 Å². The molecule has 2 rings (SSSR count). The second kappa shape index (κ2) is 5.47. The van der Waals surface area contributed by atoms with Crippen molar-refractivity contribution in [2.45, 2.75) is 6.92 Å². The maximum Gasteiger partial charge on any atom is 0.253 e. The van der Waals surface area contributed by atoms with Gasteiger partial charge in [-0.2, -0.15) is 0 Å². The molecule has 7 heteroatoms. The first kappa shape index (κ1) is 13.0. The van der Waals surface area contributed by atoms with Gasteiger partial charge in [-0.1, -0.05) is 0 Å². The Kier molecular flexibility index (Phi) is 3.74. The summed E-state index contributed by atoms with van der Waals surface area (Å²) < 4.78 is 10.3. The second-order valence-corrected chi connectivity index (χ2v) is 4.03. The van der Waals surface area contributed by atoms with Gasteiger partial charge in [-0.3, -0.25) is 9.59 Å². The third-order valence-electron chi connectivity index (χ3n) is 2.57. The SMILES string of the molecule is CC(=O)NCCNC(=O)c1cc2c(cc1N)OCO2. The highest BCUT2D eigenvalue weighted by atomic mass is 16.7. The molecule has 1 aromatic rings. The summed E-state index contributed by atoms with van der Waals surface area (Å²) >= 11 is 0. The van der Waals surface area contributed by atoms with E-state index in [1.165, 1.54) is 6.92 Å². The number of nitrogens with one attached hydrogen (secondary N) is 2. The summed E-state index contributed by atoms with van der Waals surface area (Å²) in [6, 6.07) is 3.11. The van der Waals surface area contributed by atoms with Crippen molar-refractivity contribution in [3.05, 3.63) is 17.7 Å². The molecule has 0 bridgehead atoms. The van der Waals surface area contributed by atoms with Crippen LogP contribution in [0.15, 0.2) is 12.1 Å². The van der Waals surface area contributed by atoms with Crippen molar-refractivity contribution >= 4 is 17.5 Å². The highest BCUT2D eigenvalue weighted by Gasteiger charge is 2.19. The van der Waals surface area contributed by atoms with E-state index in [-0.39, 0.29) is 18.6 Å². The number of anilines is 1. The average molecular weight is 265 g/mol. The van der Waals surface area contributed by atoms with Crippen LogP contribution in [0.5, 0.6) is 11.5 Å². The van der Waals surface area contributed by atoms with E-state index < -0.39 is 0 Å². The molecule has 102 valence electrons. The lowest BCUT2D eigenvalue weighted by atomic mass is 10.1. The summed E-state index contributed by atoms with van der Waals surface area (Å²) in [7, 11) is 0. The molecule has 0 radical (unpaired) electrons. The van der Waals surface area contributed by atoms with Crippen molar-refractivity contribution < 1.29 is 19.1 Å². The van der Waals surface area contributed by atoms with Crippen molar-refractivity contribution in [2.75, 3.05) is 25.6 Å². The number of benzene rings is 1. The minimum atomic E-state index is -0.318. The number of carbonyl (C=O) groups is 2. The summed E-state index contributed by atoms with van der Waals surface area (Å²) in [5.74, 6) is 0.575. The van der Waals surface area contributed by atoms with Gasteiger partial charge < -0.3 is 25.8 Å². The molecule has 0 fully saturated rings. The van der Waals surface area contributed by atoms with E-state index in [0.717, 1.165) is 0 Å². The summed E-state index contributed by atoms with van der Waals surface area (Å²) in [4.78, 5) is 22.6. The zero-order valence-electron chi connectivity index (χ0n) is 10.5. The Morgan fingerprint density at radius 1 is 1.21 bits per heavy atom. The molecular weight excluding hydrogens is 250 g/mol. The predicted octanol–water partition coefficient (Wildman–Crippen LogP) is -0.137. The van der Waals surface area contributed by atoms with Crippen LogP contribution in [-0.4, -0.2) is 31.7 Å². The minimum absolute atomic E-state index is 0.127. The van der Waals surface area contributed by atoms with E-state index in [1.54, 1.807) is 12.1 Å². The van der Waals surface area contributed by atoms with E-state index in [4.69, 9.17) is 15.2 Å². The molecule has 4 N–H and O–H groups in total. The number of ether oxygens (including phenoxy) is 2. The van der Waals surface area contributed by atoms with E-state index in [2.05, 4.69) is 10.6 Å². The van der Waals surface area contributed by atoms with Crippen LogP contribution in [0.25, 0.3) is 0 Å². The number of fused-ring (bicyclic) bond motifs is 1. The highest BCUT2D eigenvalue weighted by molar-refractivity contribution is 6.00. The summed E-state index contributed by atoms with van der Waals surface area (Å²) in [5, 5.41) is 5.24. The molecule has 0 atom stereocenters. The lowest BCUT2D eigenvalue weighted by Gasteiger charge is -2.08. The summed E-state index contributed by atoms with van der Waals surface area (Å²) in [5.41, 5.74) is 6.43. The lowest BCUT2D eigenvalue weighted by Crippen LogP contribution is -2.33. The minimum Gasteiger partial charge on any atom is -0.454 e. The molecule has 0 aromatic heterocycles. The quantitative estimate of drug-likeness (QED) is 0.519. The van der Waals surface area contributed by atoms with Gasteiger partial charge in [0.1, 0.15) is 0 Å². The predicted molar refractivity (Wildman–Crippen MR) is 68.0 cm³/mol. The molecule has 1 aliphatic heterocycles. The number of amides is 2. The van der Waals surface area contributed by atoms with Gasteiger partial charge in [0.25, 0.3) is 5.91 Å². The van der Waals surface area contributed by atoms with Gasteiger partial charge in [0, 0.05) is 31.8 Å². The van der Waals surface area contributed by atoms with Crippen LogP contribution in [0, 0.1) is 0 Å². The van der Waals surface area contributed by atoms with Crippen LogP contribution in [0.4, 0.5) is 5.69 Å². The normalized spacial score (nSPS) is 12.1. The van der Waals surface area contributed by atoms with Crippen LogP contribution >= 0.6 is 0 Å². The van der Waals surface area contributed by atoms with E-state index >= 15 is 0 Å². The first-order chi connectivity index (χ1) is 9.08. The van der Waals surface area contributed by atoms with E-state index in [9.17, 15) is 9.59 Å². The van der Waals surface area contributed by atoms with Crippen LogP contribution in [0.2, 0.25) is 0 Å². The third-order valence-corrected chi connectivity index (χ3v) is 2.57. The average Bonchev–Trinajstić information content (AvgIpc) is 2.80. The molecule has 0 unspecified atom stereocenters. The smallest absolute Gasteiger partial charge is 0.253 e. The van der Waals surface area contributed by atoms with Crippen LogP contribution in [0.3, 0.4) is 0 Å². The number of hydrogen-bond acceptors (Lipinski definition) is 5. The first-order valence-corrected chi connectivity index (χ1v) is 5.79. The maximum absolute atomic E-state index is 11.9. The number of nitrogen functional groups attached to an aromatic ring is 1. The molecule has 2 amide bonds. The Balaban J connectivity index is 1.97. The molecule has 19 heavy (non-hydrogen) atoms. The number of carbonyl (C=O) groups excluding carboxylic acids is 2.